The van der Waals surface area contributed by atoms with Crippen molar-refractivity contribution < 1.29 is 13.2 Å². The van der Waals surface area contributed by atoms with Crippen LogP contribution < -0.4 is 9.46 Å². The smallest absolute Gasteiger partial charge is 0.302 e. The number of benzene rings is 1. The van der Waals surface area contributed by atoms with E-state index in [9.17, 15) is 8.42 Å². The molecule has 0 spiro atoms. The average molecular weight is 310 g/mol. The topological polar surface area (TPSA) is 87.3 Å². The monoisotopic (exact) mass is 310 g/mol. The first kappa shape index (κ1) is 15.3. The highest BCUT2D eigenvalue weighted by molar-refractivity contribution is 7.90. The highest BCUT2D eigenvalue weighted by Gasteiger charge is 2.19. The van der Waals surface area contributed by atoms with E-state index in [0.717, 1.165) is 11.1 Å². The Labute approximate surface area is 124 Å². The minimum Gasteiger partial charge on any atom is -0.497 e. The van der Waals surface area contributed by atoms with Crippen molar-refractivity contribution in [2.24, 2.45) is 0 Å². The number of methoxy groups -OCH3 is 1. The van der Waals surface area contributed by atoms with E-state index in [0.29, 0.717) is 11.6 Å². The standard InChI is InChI=1S/C13H18N4O3S/c1-10-8-14-15-13(10)16-21(18,19)17(2)9-11-5-4-6-12(7-11)20-3/h4-8H,9H2,1-3H3,(H2,14,15,16). The molecule has 0 atom stereocenters. The van der Waals surface area contributed by atoms with E-state index >= 15 is 0 Å². The number of hydrogen-bond acceptors (Lipinski definition) is 4. The van der Waals surface area contributed by atoms with Crippen LogP contribution in [0.5, 0.6) is 5.75 Å². The van der Waals surface area contributed by atoms with Gasteiger partial charge in [0.25, 0.3) is 0 Å². The van der Waals surface area contributed by atoms with E-state index in [4.69, 9.17) is 4.74 Å². The lowest BCUT2D eigenvalue weighted by Crippen LogP contribution is -2.32. The summed E-state index contributed by atoms with van der Waals surface area (Å²) < 4.78 is 33.3. The summed E-state index contributed by atoms with van der Waals surface area (Å²) >= 11 is 0. The molecule has 2 N–H and O–H groups in total. The Kier molecular flexibility index (Phi) is 4.49. The van der Waals surface area contributed by atoms with E-state index < -0.39 is 10.2 Å². The van der Waals surface area contributed by atoms with Gasteiger partial charge in [0.2, 0.25) is 0 Å². The number of ether oxygens (including phenoxy) is 1. The van der Waals surface area contributed by atoms with Crippen molar-refractivity contribution >= 4 is 16.0 Å². The largest absolute Gasteiger partial charge is 0.497 e. The van der Waals surface area contributed by atoms with Gasteiger partial charge in [-0.05, 0) is 24.6 Å². The lowest BCUT2D eigenvalue weighted by atomic mass is 10.2. The van der Waals surface area contributed by atoms with Crippen molar-refractivity contribution in [2.45, 2.75) is 13.5 Å². The molecule has 0 unspecified atom stereocenters. The Morgan fingerprint density at radius 1 is 1.43 bits per heavy atom. The van der Waals surface area contributed by atoms with Crippen LogP contribution in [0.2, 0.25) is 0 Å². The Hall–Kier alpha value is -2.06. The fourth-order valence-electron chi connectivity index (χ4n) is 1.77. The third-order valence-corrected chi connectivity index (χ3v) is 4.42. The number of aryl methyl sites for hydroxylation is 1. The van der Waals surface area contributed by atoms with Crippen LogP contribution in [0.15, 0.2) is 30.5 Å². The summed E-state index contributed by atoms with van der Waals surface area (Å²) in [6.07, 6.45) is 1.56. The predicted octanol–water partition coefficient (Wildman–Crippen LogP) is 1.52. The zero-order chi connectivity index (χ0) is 15.5. The molecule has 2 aromatic rings. The normalized spacial score (nSPS) is 11.6. The van der Waals surface area contributed by atoms with Crippen LogP contribution in [0.3, 0.4) is 0 Å². The maximum absolute atomic E-state index is 12.2. The molecule has 1 aromatic carbocycles. The molecule has 8 heteroatoms. The first-order valence-electron chi connectivity index (χ1n) is 6.29. The summed E-state index contributed by atoms with van der Waals surface area (Å²) in [4.78, 5) is 0. The van der Waals surface area contributed by atoms with Crippen LogP contribution in [0, 0.1) is 6.92 Å². The summed E-state index contributed by atoms with van der Waals surface area (Å²) in [5.41, 5.74) is 1.57. The SMILES string of the molecule is COc1cccc(CN(C)S(=O)(=O)Nc2[nH]ncc2C)c1. The van der Waals surface area contributed by atoms with Crippen molar-refractivity contribution in [3.8, 4) is 5.75 Å². The number of hydrogen-bond donors (Lipinski definition) is 2. The molecule has 0 radical (unpaired) electrons. The molecular weight excluding hydrogens is 292 g/mol. The molecule has 114 valence electrons. The lowest BCUT2D eigenvalue weighted by molar-refractivity contribution is 0.412. The molecule has 0 amide bonds. The van der Waals surface area contributed by atoms with Gasteiger partial charge in [0.05, 0.1) is 13.3 Å². The zero-order valence-corrected chi connectivity index (χ0v) is 12.9. The molecule has 1 aromatic heterocycles. The van der Waals surface area contributed by atoms with Gasteiger partial charge in [0.1, 0.15) is 11.6 Å². The molecule has 0 aliphatic carbocycles. The van der Waals surface area contributed by atoms with Crippen molar-refractivity contribution in [3.05, 3.63) is 41.6 Å². The first-order valence-corrected chi connectivity index (χ1v) is 7.73. The highest BCUT2D eigenvalue weighted by Crippen LogP contribution is 2.17. The van der Waals surface area contributed by atoms with Gasteiger partial charge >= 0.3 is 10.2 Å². The zero-order valence-electron chi connectivity index (χ0n) is 12.1. The third kappa shape index (κ3) is 3.73. The number of aromatic amines is 1. The fourth-order valence-corrected chi connectivity index (χ4v) is 2.71. The van der Waals surface area contributed by atoms with Gasteiger partial charge in [0.15, 0.2) is 0 Å². The van der Waals surface area contributed by atoms with Gasteiger partial charge in [-0.3, -0.25) is 9.82 Å². The van der Waals surface area contributed by atoms with Gasteiger partial charge in [-0.1, -0.05) is 12.1 Å². The van der Waals surface area contributed by atoms with Crippen LogP contribution in [0.1, 0.15) is 11.1 Å². The quantitative estimate of drug-likeness (QED) is 0.847. The summed E-state index contributed by atoms with van der Waals surface area (Å²) in [5, 5.41) is 6.40. The molecule has 0 fully saturated rings. The Balaban J connectivity index is 2.11. The van der Waals surface area contributed by atoms with Gasteiger partial charge in [-0.25, -0.2) is 0 Å². The number of nitrogens with one attached hydrogen (secondary N) is 2. The second kappa shape index (κ2) is 6.15. The van der Waals surface area contributed by atoms with Crippen molar-refractivity contribution in [1.82, 2.24) is 14.5 Å². The minimum absolute atomic E-state index is 0.236. The van der Waals surface area contributed by atoms with Gasteiger partial charge in [0, 0.05) is 19.2 Å². The van der Waals surface area contributed by atoms with Gasteiger partial charge < -0.3 is 4.74 Å². The van der Waals surface area contributed by atoms with E-state index in [2.05, 4.69) is 14.9 Å². The highest BCUT2D eigenvalue weighted by atomic mass is 32.2. The molecule has 2 rings (SSSR count). The van der Waals surface area contributed by atoms with Crippen LogP contribution in [-0.2, 0) is 16.8 Å². The van der Waals surface area contributed by atoms with Crippen LogP contribution in [0.4, 0.5) is 5.82 Å². The molecule has 0 aliphatic rings. The second-order valence-corrected chi connectivity index (χ2v) is 6.42. The molecule has 7 nitrogen and oxygen atoms in total. The van der Waals surface area contributed by atoms with Crippen LogP contribution in [0.25, 0.3) is 0 Å². The molecule has 0 saturated carbocycles. The number of nitrogens with zero attached hydrogens (tertiary/aromatic N) is 2. The number of rotatable bonds is 6. The first-order chi connectivity index (χ1) is 9.92. The Bertz CT molecular complexity index is 712. The molecule has 0 bridgehead atoms. The second-order valence-electron chi connectivity index (χ2n) is 4.64. The minimum atomic E-state index is -3.65. The molecular formula is C13H18N4O3S. The van der Waals surface area contributed by atoms with Crippen molar-refractivity contribution in [1.29, 1.82) is 0 Å². The maximum Gasteiger partial charge on any atom is 0.302 e. The molecule has 0 aliphatic heterocycles. The average Bonchev–Trinajstić information content (AvgIpc) is 2.84. The Morgan fingerprint density at radius 2 is 2.19 bits per heavy atom. The summed E-state index contributed by atoms with van der Waals surface area (Å²) in [7, 11) is -0.573. The van der Waals surface area contributed by atoms with Crippen LogP contribution >= 0.6 is 0 Å². The number of anilines is 1. The summed E-state index contributed by atoms with van der Waals surface area (Å²) in [6.45, 7) is 2.00. The van der Waals surface area contributed by atoms with E-state index in [1.807, 2.05) is 18.2 Å². The molecule has 0 saturated heterocycles. The Morgan fingerprint density at radius 3 is 2.81 bits per heavy atom. The predicted molar refractivity (Wildman–Crippen MR) is 80.3 cm³/mol. The van der Waals surface area contributed by atoms with Crippen molar-refractivity contribution in [3.63, 3.8) is 0 Å². The summed E-state index contributed by atoms with van der Waals surface area (Å²) in [5.74, 6) is 1.06. The van der Waals surface area contributed by atoms with Gasteiger partial charge in [-0.2, -0.15) is 17.8 Å². The molecule has 21 heavy (non-hydrogen) atoms. The van der Waals surface area contributed by atoms with Crippen molar-refractivity contribution in [2.75, 3.05) is 18.9 Å². The van der Waals surface area contributed by atoms with Crippen LogP contribution in [-0.4, -0.2) is 37.1 Å². The lowest BCUT2D eigenvalue weighted by Gasteiger charge is -2.18. The third-order valence-electron chi connectivity index (χ3n) is 3.01. The van der Waals surface area contributed by atoms with Gasteiger partial charge in [-0.15, -0.1) is 0 Å². The number of aromatic nitrogens is 2. The van der Waals surface area contributed by atoms with E-state index in [-0.39, 0.29) is 6.54 Å². The van der Waals surface area contributed by atoms with E-state index in [1.165, 1.54) is 11.4 Å². The summed E-state index contributed by atoms with van der Waals surface area (Å²) in [6, 6.07) is 7.27. The maximum atomic E-state index is 12.2. The van der Waals surface area contributed by atoms with E-state index in [1.54, 1.807) is 26.3 Å². The fraction of sp³-hybridized carbons (Fsp3) is 0.308. The number of H-pyrrole nitrogens is 1. The molecule has 1 heterocycles.